The number of fused-ring (bicyclic) bond motifs is 1. The third-order valence-corrected chi connectivity index (χ3v) is 4.48. The Labute approximate surface area is 124 Å². The molecule has 0 radical (unpaired) electrons. The highest BCUT2D eigenvalue weighted by Gasteiger charge is 2.20. The van der Waals surface area contributed by atoms with E-state index in [1.54, 1.807) is 0 Å². The Morgan fingerprint density at radius 1 is 1.21 bits per heavy atom. The number of hydrogen-bond acceptors (Lipinski definition) is 1. The number of nitrogens with zero attached hydrogens (tertiary/aromatic N) is 1. The molecule has 1 aromatic heterocycles. The van der Waals surface area contributed by atoms with Crippen molar-refractivity contribution in [2.45, 2.75) is 34.2 Å². The van der Waals surface area contributed by atoms with Crippen molar-refractivity contribution in [3.05, 3.63) is 28.0 Å². The zero-order valence-electron chi connectivity index (χ0n) is 11.9. The van der Waals surface area contributed by atoms with Crippen molar-refractivity contribution in [1.82, 2.24) is 9.55 Å². The number of H-pyrrole nitrogens is 1. The normalized spacial score (nSPS) is 12.2. The number of halogens is 1. The van der Waals surface area contributed by atoms with Gasteiger partial charge in [0, 0.05) is 6.54 Å². The smallest absolute Gasteiger partial charge is 0.178 e. The molecule has 0 unspecified atom stereocenters. The molecule has 0 saturated heterocycles. The Morgan fingerprint density at radius 2 is 1.84 bits per heavy atom. The Kier molecular flexibility index (Phi) is 4.36. The van der Waals surface area contributed by atoms with E-state index in [1.165, 1.54) is 0 Å². The zero-order chi connectivity index (χ0) is 14.2. The van der Waals surface area contributed by atoms with Crippen molar-refractivity contribution in [2.75, 3.05) is 0 Å². The summed E-state index contributed by atoms with van der Waals surface area (Å²) in [6.45, 7) is 9.99. The fourth-order valence-electron chi connectivity index (χ4n) is 2.75. The lowest BCUT2D eigenvalue weighted by Crippen LogP contribution is -2.22. The molecule has 104 valence electrons. The summed E-state index contributed by atoms with van der Waals surface area (Å²) in [5.41, 5.74) is 2.05. The second-order valence-electron chi connectivity index (χ2n) is 5.83. The Hall–Kier alpha value is -0.800. The monoisotopic (exact) mass is 296 g/mol. The minimum Gasteiger partial charge on any atom is -0.331 e. The Bertz CT molecular complexity index is 617. The van der Waals surface area contributed by atoms with Gasteiger partial charge < -0.3 is 9.55 Å². The minimum atomic E-state index is 0.585. The summed E-state index contributed by atoms with van der Waals surface area (Å²) in [6, 6.07) is 5.89. The van der Waals surface area contributed by atoms with Crippen molar-refractivity contribution in [3.8, 4) is 0 Å². The largest absolute Gasteiger partial charge is 0.331 e. The lowest BCUT2D eigenvalue weighted by Gasteiger charge is -2.25. The summed E-state index contributed by atoms with van der Waals surface area (Å²) in [6.07, 6.45) is 0. The predicted octanol–water partition coefficient (Wildman–Crippen LogP) is 5.28. The molecule has 0 fully saturated rings. The number of rotatable bonds is 4. The molecule has 0 aliphatic heterocycles. The summed E-state index contributed by atoms with van der Waals surface area (Å²) in [5, 5.41) is 0.760. The molecule has 0 aliphatic carbocycles. The van der Waals surface area contributed by atoms with Gasteiger partial charge in [-0.1, -0.05) is 45.4 Å². The van der Waals surface area contributed by atoms with Crippen LogP contribution in [0.1, 0.15) is 27.7 Å². The molecule has 2 rings (SSSR count). The van der Waals surface area contributed by atoms with Crippen LogP contribution in [0.25, 0.3) is 11.0 Å². The van der Waals surface area contributed by atoms with E-state index < -0.39 is 0 Å². The van der Waals surface area contributed by atoms with Crippen molar-refractivity contribution < 1.29 is 0 Å². The predicted molar refractivity (Wildman–Crippen MR) is 85.3 cm³/mol. The van der Waals surface area contributed by atoms with Gasteiger partial charge in [-0.3, -0.25) is 0 Å². The van der Waals surface area contributed by atoms with Crippen molar-refractivity contribution in [2.24, 2.45) is 17.8 Å². The van der Waals surface area contributed by atoms with E-state index >= 15 is 0 Å². The lowest BCUT2D eigenvalue weighted by atomic mass is 9.85. The number of benzene rings is 1. The quantitative estimate of drug-likeness (QED) is 0.761. The van der Waals surface area contributed by atoms with Crippen molar-refractivity contribution in [3.63, 3.8) is 0 Å². The number of hydrogen-bond donors (Lipinski definition) is 1. The van der Waals surface area contributed by atoms with Crippen LogP contribution < -0.4 is 0 Å². The first-order valence-electron chi connectivity index (χ1n) is 6.78. The summed E-state index contributed by atoms with van der Waals surface area (Å²) in [7, 11) is 0. The molecule has 4 heteroatoms. The number of para-hydroxylation sites is 1. The summed E-state index contributed by atoms with van der Waals surface area (Å²) in [4.78, 5) is 3.24. The van der Waals surface area contributed by atoms with Gasteiger partial charge in [0.25, 0.3) is 0 Å². The maximum atomic E-state index is 6.33. The van der Waals surface area contributed by atoms with Crippen molar-refractivity contribution >= 4 is 34.9 Å². The minimum absolute atomic E-state index is 0.585. The fraction of sp³-hybridized carbons (Fsp3) is 0.533. The average Bonchev–Trinajstić information content (AvgIpc) is 2.62. The molecule has 0 atom stereocenters. The first kappa shape index (κ1) is 14.6. The SMILES string of the molecule is CC(C)C(Cn1c(=S)[nH]c2cccc(Cl)c21)C(C)C. The third-order valence-electron chi connectivity index (χ3n) is 3.85. The Balaban J connectivity index is 2.51. The van der Waals surface area contributed by atoms with Crippen LogP contribution >= 0.6 is 23.8 Å². The second-order valence-corrected chi connectivity index (χ2v) is 6.62. The summed E-state index contributed by atoms with van der Waals surface area (Å²) >= 11 is 11.8. The van der Waals surface area contributed by atoms with Crippen LogP contribution in [0.15, 0.2) is 18.2 Å². The molecular formula is C15H21ClN2S. The van der Waals surface area contributed by atoms with Gasteiger partial charge in [0.2, 0.25) is 0 Å². The van der Waals surface area contributed by atoms with E-state index in [0.717, 1.165) is 27.4 Å². The molecule has 0 bridgehead atoms. The average molecular weight is 297 g/mol. The van der Waals surface area contributed by atoms with Crippen LogP contribution in [-0.2, 0) is 6.54 Å². The van der Waals surface area contributed by atoms with Gasteiger partial charge in [0.05, 0.1) is 16.1 Å². The van der Waals surface area contributed by atoms with Crippen LogP contribution in [0.3, 0.4) is 0 Å². The highest BCUT2D eigenvalue weighted by molar-refractivity contribution is 7.71. The zero-order valence-corrected chi connectivity index (χ0v) is 13.5. The van der Waals surface area contributed by atoms with Gasteiger partial charge >= 0.3 is 0 Å². The Morgan fingerprint density at radius 3 is 2.42 bits per heavy atom. The standard InChI is InChI=1S/C15H21ClN2S/c1-9(2)11(10(3)4)8-18-14-12(16)6-5-7-13(14)17-15(18)19/h5-7,9-11H,8H2,1-4H3,(H,17,19). The molecule has 0 spiro atoms. The van der Waals surface area contributed by atoms with E-state index in [2.05, 4.69) is 37.2 Å². The van der Waals surface area contributed by atoms with Gasteiger partial charge in [-0.25, -0.2) is 0 Å². The molecule has 2 aromatic rings. The highest BCUT2D eigenvalue weighted by Crippen LogP contribution is 2.28. The van der Waals surface area contributed by atoms with Crippen LogP contribution in [0, 0.1) is 22.5 Å². The van der Waals surface area contributed by atoms with Crippen LogP contribution in [0.4, 0.5) is 0 Å². The lowest BCUT2D eigenvalue weighted by molar-refractivity contribution is 0.253. The number of aromatic amines is 1. The van der Waals surface area contributed by atoms with E-state index in [-0.39, 0.29) is 0 Å². The number of aromatic nitrogens is 2. The first-order chi connectivity index (χ1) is 8.91. The van der Waals surface area contributed by atoms with Crippen LogP contribution in [-0.4, -0.2) is 9.55 Å². The van der Waals surface area contributed by atoms with Gasteiger partial charge in [0.1, 0.15) is 0 Å². The summed E-state index contributed by atoms with van der Waals surface area (Å²) in [5.74, 6) is 1.82. The van der Waals surface area contributed by atoms with Gasteiger partial charge in [-0.2, -0.15) is 0 Å². The van der Waals surface area contributed by atoms with Crippen LogP contribution in [0.5, 0.6) is 0 Å². The molecule has 1 N–H and O–H groups in total. The van der Waals surface area contributed by atoms with E-state index in [4.69, 9.17) is 23.8 Å². The topological polar surface area (TPSA) is 20.7 Å². The molecule has 1 heterocycles. The maximum absolute atomic E-state index is 6.33. The van der Waals surface area contributed by atoms with Gasteiger partial charge in [-0.05, 0) is 42.1 Å². The first-order valence-corrected chi connectivity index (χ1v) is 7.57. The van der Waals surface area contributed by atoms with Gasteiger partial charge in [-0.15, -0.1) is 0 Å². The molecule has 0 amide bonds. The molecule has 2 nitrogen and oxygen atoms in total. The maximum Gasteiger partial charge on any atom is 0.178 e. The molecule has 0 aliphatic rings. The highest BCUT2D eigenvalue weighted by atomic mass is 35.5. The number of nitrogens with one attached hydrogen (secondary N) is 1. The van der Waals surface area contributed by atoms with Gasteiger partial charge in [0.15, 0.2) is 4.77 Å². The van der Waals surface area contributed by atoms with Crippen LogP contribution in [0.2, 0.25) is 5.02 Å². The van der Waals surface area contributed by atoms with Crippen molar-refractivity contribution in [1.29, 1.82) is 0 Å². The third kappa shape index (κ3) is 2.87. The molecule has 0 saturated carbocycles. The molecular weight excluding hydrogens is 276 g/mol. The van der Waals surface area contributed by atoms with E-state index in [1.807, 2.05) is 18.2 Å². The molecule has 19 heavy (non-hydrogen) atoms. The summed E-state index contributed by atoms with van der Waals surface area (Å²) < 4.78 is 2.91. The van der Waals surface area contributed by atoms with E-state index in [9.17, 15) is 0 Å². The number of imidazole rings is 1. The second kappa shape index (κ2) is 5.68. The molecule has 1 aromatic carbocycles. The fourth-order valence-corrected chi connectivity index (χ4v) is 3.30. The van der Waals surface area contributed by atoms with E-state index in [0.29, 0.717) is 17.8 Å².